The summed E-state index contributed by atoms with van der Waals surface area (Å²) in [6, 6.07) is 29.4. The van der Waals surface area contributed by atoms with E-state index < -0.39 is 10.0 Å². The number of hydrogen-bond donors (Lipinski definition) is 2. The summed E-state index contributed by atoms with van der Waals surface area (Å²) in [5.74, 6) is 1.03. The number of nitrogens with one attached hydrogen (secondary N) is 2. The molecular weight excluding hydrogens is 436 g/mol. The maximum absolute atomic E-state index is 12.9. The molecule has 6 nitrogen and oxygen atoms in total. The van der Waals surface area contributed by atoms with E-state index in [4.69, 9.17) is 4.74 Å². The van der Waals surface area contributed by atoms with Gasteiger partial charge in [0, 0.05) is 16.9 Å². The minimum atomic E-state index is -3.81. The highest BCUT2D eigenvalue weighted by Crippen LogP contribution is 2.25. The van der Waals surface area contributed by atoms with Crippen LogP contribution < -0.4 is 14.8 Å². The van der Waals surface area contributed by atoms with Crippen molar-refractivity contribution in [3.63, 3.8) is 0 Å². The summed E-state index contributed by atoms with van der Waals surface area (Å²) < 4.78 is 34.0. The molecule has 7 heteroatoms. The number of rotatable bonds is 7. The molecule has 4 aromatic rings. The van der Waals surface area contributed by atoms with E-state index in [9.17, 15) is 13.2 Å². The first-order valence-electron chi connectivity index (χ1n) is 10.2. The van der Waals surface area contributed by atoms with Crippen molar-refractivity contribution in [2.24, 2.45) is 0 Å². The van der Waals surface area contributed by atoms with Crippen LogP contribution in [0.25, 0.3) is 0 Å². The Balaban J connectivity index is 1.45. The standard InChI is InChI=1S/C26H22N2O4S/c1-19-18-24(16-17-25(19)27-26(29)20-8-4-2-5-9-20)33(30,31)28-21-12-14-23(15-13-21)32-22-10-6-3-7-11-22/h2-18,28H,1H3,(H,27,29). The molecule has 4 aromatic carbocycles. The Labute approximate surface area is 192 Å². The Morgan fingerprint density at radius 3 is 2.00 bits per heavy atom. The number of anilines is 2. The lowest BCUT2D eigenvalue weighted by Crippen LogP contribution is -2.15. The van der Waals surface area contributed by atoms with Crippen LogP contribution in [0.3, 0.4) is 0 Å². The first-order valence-corrected chi connectivity index (χ1v) is 11.7. The maximum Gasteiger partial charge on any atom is 0.261 e. The fraction of sp³-hybridized carbons (Fsp3) is 0.0385. The number of sulfonamides is 1. The van der Waals surface area contributed by atoms with Gasteiger partial charge in [-0.1, -0.05) is 36.4 Å². The van der Waals surface area contributed by atoms with E-state index in [0.717, 1.165) is 0 Å². The Kier molecular flexibility index (Phi) is 6.42. The fourth-order valence-corrected chi connectivity index (χ4v) is 4.30. The van der Waals surface area contributed by atoms with E-state index in [2.05, 4.69) is 10.0 Å². The summed E-state index contributed by atoms with van der Waals surface area (Å²) in [6.45, 7) is 1.75. The molecule has 0 radical (unpaired) electrons. The normalized spacial score (nSPS) is 10.9. The quantitative estimate of drug-likeness (QED) is 0.364. The summed E-state index contributed by atoms with van der Waals surface area (Å²) in [5.41, 5.74) is 2.11. The average molecular weight is 459 g/mol. The summed E-state index contributed by atoms with van der Waals surface area (Å²) in [4.78, 5) is 12.5. The van der Waals surface area contributed by atoms with Gasteiger partial charge in [-0.2, -0.15) is 0 Å². The van der Waals surface area contributed by atoms with E-state index in [-0.39, 0.29) is 10.8 Å². The van der Waals surface area contributed by atoms with Crippen LogP contribution in [0.1, 0.15) is 15.9 Å². The molecule has 0 spiro atoms. The molecule has 0 atom stereocenters. The monoisotopic (exact) mass is 458 g/mol. The SMILES string of the molecule is Cc1cc(S(=O)(=O)Nc2ccc(Oc3ccccc3)cc2)ccc1NC(=O)c1ccccc1. The first kappa shape index (κ1) is 22.1. The van der Waals surface area contributed by atoms with Crippen LogP contribution in [-0.2, 0) is 10.0 Å². The Morgan fingerprint density at radius 2 is 1.36 bits per heavy atom. The van der Waals surface area contributed by atoms with E-state index in [0.29, 0.717) is 34.0 Å². The second-order valence-corrected chi connectivity index (χ2v) is 9.02. The smallest absolute Gasteiger partial charge is 0.261 e. The molecule has 0 saturated carbocycles. The molecular formula is C26H22N2O4S. The molecule has 1 amide bonds. The molecule has 0 bridgehead atoms. The van der Waals surface area contributed by atoms with Crippen LogP contribution >= 0.6 is 0 Å². The molecule has 0 saturated heterocycles. The predicted molar refractivity (Wildman–Crippen MR) is 129 cm³/mol. The topological polar surface area (TPSA) is 84.5 Å². The van der Waals surface area contributed by atoms with Gasteiger partial charge in [0.1, 0.15) is 11.5 Å². The van der Waals surface area contributed by atoms with Gasteiger partial charge >= 0.3 is 0 Å². The van der Waals surface area contributed by atoms with Gasteiger partial charge in [0.2, 0.25) is 0 Å². The number of hydrogen-bond acceptors (Lipinski definition) is 4. The number of benzene rings is 4. The lowest BCUT2D eigenvalue weighted by atomic mass is 10.1. The highest BCUT2D eigenvalue weighted by molar-refractivity contribution is 7.92. The van der Waals surface area contributed by atoms with Gasteiger partial charge in [-0.05, 0) is 79.2 Å². The predicted octanol–water partition coefficient (Wildman–Crippen LogP) is 5.84. The third-order valence-corrected chi connectivity index (χ3v) is 6.26. The van der Waals surface area contributed by atoms with E-state index >= 15 is 0 Å². The largest absolute Gasteiger partial charge is 0.457 e. The van der Waals surface area contributed by atoms with Gasteiger partial charge < -0.3 is 10.1 Å². The van der Waals surface area contributed by atoms with Crippen LogP contribution in [0, 0.1) is 6.92 Å². The summed E-state index contributed by atoms with van der Waals surface area (Å²) in [5, 5.41) is 2.81. The maximum atomic E-state index is 12.9. The van der Waals surface area contributed by atoms with E-state index in [1.807, 2.05) is 36.4 Å². The van der Waals surface area contributed by atoms with Gasteiger partial charge in [-0.3, -0.25) is 9.52 Å². The Morgan fingerprint density at radius 1 is 0.758 bits per heavy atom. The summed E-state index contributed by atoms with van der Waals surface area (Å²) in [6.07, 6.45) is 0. The van der Waals surface area contributed by atoms with Crippen molar-refractivity contribution in [3.8, 4) is 11.5 Å². The molecule has 0 unspecified atom stereocenters. The number of para-hydroxylation sites is 1. The highest BCUT2D eigenvalue weighted by Gasteiger charge is 2.16. The molecule has 33 heavy (non-hydrogen) atoms. The Hall–Kier alpha value is -4.10. The fourth-order valence-electron chi connectivity index (χ4n) is 3.16. The molecule has 4 rings (SSSR count). The zero-order valence-corrected chi connectivity index (χ0v) is 18.7. The van der Waals surface area contributed by atoms with Gasteiger partial charge in [0.05, 0.1) is 4.90 Å². The van der Waals surface area contributed by atoms with E-state index in [1.165, 1.54) is 12.1 Å². The molecule has 0 aliphatic heterocycles. The van der Waals surface area contributed by atoms with E-state index in [1.54, 1.807) is 61.5 Å². The number of aryl methyl sites for hydroxylation is 1. The van der Waals surface area contributed by atoms with Crippen molar-refractivity contribution in [1.29, 1.82) is 0 Å². The lowest BCUT2D eigenvalue weighted by Gasteiger charge is -2.13. The zero-order chi connectivity index (χ0) is 23.3. The second-order valence-electron chi connectivity index (χ2n) is 7.34. The van der Waals surface area contributed by atoms with Crippen LogP contribution in [0.15, 0.2) is 108 Å². The minimum absolute atomic E-state index is 0.0994. The highest BCUT2D eigenvalue weighted by atomic mass is 32.2. The number of carbonyl (C=O) groups excluding carboxylic acids is 1. The molecule has 166 valence electrons. The Bertz CT molecular complexity index is 1350. The van der Waals surface area contributed by atoms with Crippen molar-refractivity contribution in [1.82, 2.24) is 0 Å². The van der Waals surface area contributed by atoms with Crippen molar-refractivity contribution < 1.29 is 17.9 Å². The molecule has 0 aliphatic carbocycles. The lowest BCUT2D eigenvalue weighted by molar-refractivity contribution is 0.102. The molecule has 0 aromatic heterocycles. The number of amides is 1. The van der Waals surface area contributed by atoms with Gasteiger partial charge in [0.25, 0.3) is 15.9 Å². The van der Waals surface area contributed by atoms with Gasteiger partial charge in [0.15, 0.2) is 0 Å². The van der Waals surface area contributed by atoms with Crippen LogP contribution in [0.2, 0.25) is 0 Å². The van der Waals surface area contributed by atoms with Gasteiger partial charge in [-0.15, -0.1) is 0 Å². The molecule has 0 fully saturated rings. The molecule has 2 N–H and O–H groups in total. The van der Waals surface area contributed by atoms with Crippen molar-refractivity contribution >= 4 is 27.3 Å². The van der Waals surface area contributed by atoms with Crippen LogP contribution in [0.4, 0.5) is 11.4 Å². The summed E-state index contributed by atoms with van der Waals surface area (Å²) in [7, 11) is -3.81. The average Bonchev–Trinajstić information content (AvgIpc) is 2.82. The molecule has 0 heterocycles. The third-order valence-electron chi connectivity index (χ3n) is 4.88. The second kappa shape index (κ2) is 9.58. The van der Waals surface area contributed by atoms with Crippen molar-refractivity contribution in [2.45, 2.75) is 11.8 Å². The third kappa shape index (κ3) is 5.58. The first-order chi connectivity index (χ1) is 15.9. The van der Waals surface area contributed by atoms with Crippen LogP contribution in [0.5, 0.6) is 11.5 Å². The van der Waals surface area contributed by atoms with Gasteiger partial charge in [-0.25, -0.2) is 8.42 Å². The minimum Gasteiger partial charge on any atom is -0.457 e. The number of carbonyl (C=O) groups is 1. The zero-order valence-electron chi connectivity index (χ0n) is 17.9. The van der Waals surface area contributed by atoms with Crippen LogP contribution in [-0.4, -0.2) is 14.3 Å². The molecule has 0 aliphatic rings. The van der Waals surface area contributed by atoms with Crippen molar-refractivity contribution in [2.75, 3.05) is 10.0 Å². The summed E-state index contributed by atoms with van der Waals surface area (Å²) >= 11 is 0. The number of ether oxygens (including phenoxy) is 1. The van der Waals surface area contributed by atoms with Crippen molar-refractivity contribution in [3.05, 3.63) is 114 Å².